The SMILES string of the molecule is O=C(/C=C/c1ccccc1)OCN1C(=O)CN(CCN2CC(=O)N(COC(=O)/C=C/c3ccccc3)C(=O)C2)CC1=O. The minimum atomic E-state index is -0.686. The zero-order chi connectivity index (χ0) is 29.9. The van der Waals surface area contributed by atoms with Gasteiger partial charge >= 0.3 is 11.9 Å². The summed E-state index contributed by atoms with van der Waals surface area (Å²) in [6.07, 6.45) is 5.57. The van der Waals surface area contributed by atoms with Crippen LogP contribution in [-0.4, -0.2) is 108 Å². The van der Waals surface area contributed by atoms with Gasteiger partial charge in [-0.2, -0.15) is 0 Å². The Hall–Kier alpha value is -4.94. The first-order valence-corrected chi connectivity index (χ1v) is 13.2. The largest absolute Gasteiger partial charge is 0.441 e. The van der Waals surface area contributed by atoms with Gasteiger partial charge in [-0.05, 0) is 23.3 Å². The van der Waals surface area contributed by atoms with E-state index in [9.17, 15) is 28.8 Å². The van der Waals surface area contributed by atoms with Crippen LogP contribution in [0.1, 0.15) is 11.1 Å². The molecular formula is C30H30N4O8. The fourth-order valence-electron chi connectivity index (χ4n) is 4.19. The molecule has 2 saturated heterocycles. The highest BCUT2D eigenvalue weighted by molar-refractivity contribution is 6.00. The summed E-state index contributed by atoms with van der Waals surface area (Å²) in [5.74, 6) is -3.46. The van der Waals surface area contributed by atoms with Gasteiger partial charge in [0.1, 0.15) is 0 Å². The Kier molecular flexibility index (Phi) is 10.5. The molecule has 0 spiro atoms. The highest BCUT2D eigenvalue weighted by Gasteiger charge is 2.34. The van der Waals surface area contributed by atoms with Crippen LogP contribution in [0, 0.1) is 0 Å². The second kappa shape index (κ2) is 14.6. The van der Waals surface area contributed by atoms with Gasteiger partial charge in [0, 0.05) is 25.2 Å². The predicted molar refractivity (Wildman–Crippen MR) is 149 cm³/mol. The number of carbonyl (C=O) groups is 6. The molecule has 0 saturated carbocycles. The lowest BCUT2D eigenvalue weighted by Crippen LogP contribution is -2.58. The molecule has 0 N–H and O–H groups in total. The van der Waals surface area contributed by atoms with Crippen LogP contribution in [-0.2, 0) is 38.2 Å². The molecule has 2 aliphatic heterocycles. The second-order valence-corrected chi connectivity index (χ2v) is 9.53. The maximum Gasteiger partial charge on any atom is 0.332 e. The molecule has 218 valence electrons. The second-order valence-electron chi connectivity index (χ2n) is 9.53. The molecule has 2 heterocycles. The van der Waals surface area contributed by atoms with Gasteiger partial charge in [0.2, 0.25) is 23.6 Å². The lowest BCUT2D eigenvalue weighted by atomic mass is 10.2. The number of benzene rings is 2. The fraction of sp³-hybridized carbons (Fsp3) is 0.267. The summed E-state index contributed by atoms with van der Waals surface area (Å²) in [6.45, 7) is -0.804. The van der Waals surface area contributed by atoms with Gasteiger partial charge in [-0.3, -0.25) is 29.0 Å². The van der Waals surface area contributed by atoms with Crippen molar-refractivity contribution in [3.63, 3.8) is 0 Å². The Balaban J connectivity index is 1.16. The zero-order valence-electron chi connectivity index (χ0n) is 22.8. The summed E-state index contributed by atoms with van der Waals surface area (Å²) in [6, 6.07) is 18.2. The first-order chi connectivity index (χ1) is 20.3. The normalized spacial score (nSPS) is 17.0. The summed E-state index contributed by atoms with van der Waals surface area (Å²) in [5.41, 5.74) is 1.60. The molecule has 0 radical (unpaired) electrons. The quantitative estimate of drug-likeness (QED) is 0.215. The fourth-order valence-corrected chi connectivity index (χ4v) is 4.19. The third-order valence-corrected chi connectivity index (χ3v) is 6.47. The van der Waals surface area contributed by atoms with E-state index in [1.54, 1.807) is 22.0 Å². The summed E-state index contributed by atoms with van der Waals surface area (Å²) < 4.78 is 10.1. The van der Waals surface area contributed by atoms with Gasteiger partial charge in [0.05, 0.1) is 26.2 Å². The molecule has 0 aromatic heterocycles. The molecule has 0 unspecified atom stereocenters. The number of ether oxygens (including phenoxy) is 2. The predicted octanol–water partition coefficient (Wildman–Crippen LogP) is 0.756. The molecule has 2 aromatic carbocycles. The standard InChI is InChI=1S/C30H30N4O8/c35-25-17-31(18-26(36)33(25)21-41-29(39)13-11-23-7-3-1-4-8-23)15-16-32-19-27(37)34(28(38)20-32)22-42-30(40)14-12-24-9-5-2-6-10-24/h1-14H,15-22H2/b13-11+,14-12+. The van der Waals surface area contributed by atoms with Gasteiger partial charge in [0.25, 0.3) is 0 Å². The van der Waals surface area contributed by atoms with Crippen LogP contribution in [0.4, 0.5) is 0 Å². The van der Waals surface area contributed by atoms with Crippen molar-refractivity contribution in [2.75, 3.05) is 52.7 Å². The third kappa shape index (κ3) is 8.78. The smallest absolute Gasteiger partial charge is 0.332 e. The molecule has 12 nitrogen and oxygen atoms in total. The van der Waals surface area contributed by atoms with E-state index in [4.69, 9.17) is 9.47 Å². The molecule has 0 aliphatic carbocycles. The molecule has 12 heteroatoms. The Labute approximate surface area is 242 Å². The lowest BCUT2D eigenvalue weighted by Gasteiger charge is -2.35. The summed E-state index contributed by atoms with van der Waals surface area (Å²) in [4.78, 5) is 79.1. The number of hydrogen-bond acceptors (Lipinski definition) is 10. The lowest BCUT2D eigenvalue weighted by molar-refractivity contribution is -0.165. The molecule has 42 heavy (non-hydrogen) atoms. The summed E-state index contributed by atoms with van der Waals surface area (Å²) in [5, 5.41) is 0. The molecule has 2 aliphatic rings. The van der Waals surface area contributed by atoms with Crippen LogP contribution in [0.2, 0.25) is 0 Å². The summed E-state index contributed by atoms with van der Waals surface area (Å²) >= 11 is 0. The van der Waals surface area contributed by atoms with E-state index in [1.165, 1.54) is 12.2 Å². The molecule has 4 amide bonds. The number of nitrogens with zero attached hydrogens (tertiary/aromatic N) is 4. The van der Waals surface area contributed by atoms with E-state index in [-0.39, 0.29) is 39.3 Å². The highest BCUT2D eigenvalue weighted by Crippen LogP contribution is 2.10. The van der Waals surface area contributed by atoms with Crippen LogP contribution in [0.25, 0.3) is 12.2 Å². The van der Waals surface area contributed by atoms with E-state index in [1.807, 2.05) is 60.7 Å². The van der Waals surface area contributed by atoms with Gasteiger partial charge < -0.3 is 9.47 Å². The third-order valence-electron chi connectivity index (χ3n) is 6.47. The molecule has 2 fully saturated rings. The van der Waals surface area contributed by atoms with Crippen molar-refractivity contribution >= 4 is 47.7 Å². The molecule has 0 bridgehead atoms. The number of esters is 2. The van der Waals surface area contributed by atoms with Crippen molar-refractivity contribution in [1.29, 1.82) is 0 Å². The van der Waals surface area contributed by atoms with Crippen LogP contribution in [0.15, 0.2) is 72.8 Å². The summed E-state index contributed by atoms with van der Waals surface area (Å²) in [7, 11) is 0. The maximum absolute atomic E-state index is 12.5. The van der Waals surface area contributed by atoms with E-state index in [0.29, 0.717) is 0 Å². The van der Waals surface area contributed by atoms with Crippen molar-refractivity contribution in [2.24, 2.45) is 0 Å². The molecule has 4 rings (SSSR count). The minimum absolute atomic E-state index is 0.0859. The van der Waals surface area contributed by atoms with Gasteiger partial charge in [-0.25, -0.2) is 19.4 Å². The average Bonchev–Trinajstić information content (AvgIpc) is 2.98. The number of rotatable bonds is 11. The van der Waals surface area contributed by atoms with E-state index < -0.39 is 49.0 Å². The van der Waals surface area contributed by atoms with Crippen LogP contribution < -0.4 is 0 Å². The number of imide groups is 2. The van der Waals surface area contributed by atoms with E-state index >= 15 is 0 Å². The van der Waals surface area contributed by atoms with Gasteiger partial charge in [-0.15, -0.1) is 0 Å². The van der Waals surface area contributed by atoms with Crippen LogP contribution >= 0.6 is 0 Å². The van der Waals surface area contributed by atoms with Crippen LogP contribution in [0.3, 0.4) is 0 Å². The van der Waals surface area contributed by atoms with Gasteiger partial charge in [0.15, 0.2) is 13.5 Å². The Morgan fingerprint density at radius 3 is 1.24 bits per heavy atom. The first-order valence-electron chi connectivity index (χ1n) is 13.2. The molecular weight excluding hydrogens is 544 g/mol. The van der Waals surface area contributed by atoms with Crippen molar-refractivity contribution in [3.05, 3.63) is 83.9 Å². The van der Waals surface area contributed by atoms with Crippen molar-refractivity contribution < 1.29 is 38.2 Å². The number of carbonyl (C=O) groups excluding carboxylic acids is 6. The number of amides is 4. The molecule has 0 atom stereocenters. The zero-order valence-corrected chi connectivity index (χ0v) is 22.8. The average molecular weight is 575 g/mol. The maximum atomic E-state index is 12.5. The first kappa shape index (κ1) is 30.0. The monoisotopic (exact) mass is 574 g/mol. The van der Waals surface area contributed by atoms with Gasteiger partial charge in [-0.1, -0.05) is 60.7 Å². The minimum Gasteiger partial charge on any atom is -0.441 e. The topological polar surface area (TPSA) is 134 Å². The van der Waals surface area contributed by atoms with E-state index in [0.717, 1.165) is 20.9 Å². The molecule has 2 aromatic rings. The highest BCUT2D eigenvalue weighted by atomic mass is 16.5. The number of piperazine rings is 2. The van der Waals surface area contributed by atoms with Crippen molar-refractivity contribution in [3.8, 4) is 0 Å². The van der Waals surface area contributed by atoms with Crippen LogP contribution in [0.5, 0.6) is 0 Å². The van der Waals surface area contributed by atoms with Crippen molar-refractivity contribution in [1.82, 2.24) is 19.6 Å². The van der Waals surface area contributed by atoms with Crippen molar-refractivity contribution in [2.45, 2.75) is 0 Å². The number of hydrogen-bond donors (Lipinski definition) is 0. The Morgan fingerprint density at radius 1 is 0.571 bits per heavy atom. The van der Waals surface area contributed by atoms with E-state index in [2.05, 4.69) is 0 Å². The Morgan fingerprint density at radius 2 is 0.905 bits per heavy atom. The Bertz CT molecular complexity index is 1230.